The second kappa shape index (κ2) is 14.9. The van der Waals surface area contributed by atoms with Gasteiger partial charge in [-0.25, -0.2) is 0 Å². The maximum absolute atomic E-state index is 8.11. The zero-order chi connectivity index (χ0) is 48.3. The van der Waals surface area contributed by atoms with Gasteiger partial charge in [0.2, 0.25) is 0 Å². The van der Waals surface area contributed by atoms with Gasteiger partial charge in [0.15, 0.2) is 0 Å². The van der Waals surface area contributed by atoms with Crippen LogP contribution in [0.25, 0.3) is 22.3 Å². The Morgan fingerprint density at radius 3 is 0.973 bits per heavy atom. The molecule has 0 aliphatic carbocycles. The molecular formula is C66H40Ge2N2O4. The van der Waals surface area contributed by atoms with Crippen LogP contribution >= 0.6 is 0 Å². The van der Waals surface area contributed by atoms with E-state index in [-0.39, 0.29) is 0 Å². The van der Waals surface area contributed by atoms with Gasteiger partial charge in [0, 0.05) is 0 Å². The van der Waals surface area contributed by atoms with Crippen molar-refractivity contribution >= 4 is 95.8 Å². The summed E-state index contributed by atoms with van der Waals surface area (Å²) in [5.74, 6) is 6.84. The van der Waals surface area contributed by atoms with Gasteiger partial charge in [-0.2, -0.15) is 0 Å². The van der Waals surface area contributed by atoms with Crippen molar-refractivity contribution in [2.45, 2.75) is 0 Å². The van der Waals surface area contributed by atoms with Gasteiger partial charge in [0.05, 0.1) is 0 Å². The Kier molecular flexibility index (Phi) is 8.25. The first-order valence-electron chi connectivity index (χ1n) is 25.2. The first-order chi connectivity index (χ1) is 36.7. The Bertz CT molecular complexity index is 3930. The zero-order valence-corrected chi connectivity index (χ0v) is 43.8. The molecule has 0 saturated carbocycles. The van der Waals surface area contributed by atoms with Gasteiger partial charge < -0.3 is 0 Å². The number of fused-ring (bicyclic) bond motifs is 2. The van der Waals surface area contributed by atoms with Gasteiger partial charge in [0.25, 0.3) is 0 Å². The standard InChI is InChI=1S/C66H40Ge2N2O4/c1-7-21-41(22-8-1)43-37-53-59-55(39-43)73-65-61-64(70(48-31-17-6-18-32-48)49-33-19-35-51(71-53)57(49)67(59,61)45-25-11-3-12-26-45)66-62-63(65)69(47-29-15-5-16-30-47)50-34-20-36-52-58(50)68(62,46-27-13-4-14-28-46)60-54(72-52)38-44(40-56(60)74-66)42-23-9-2-10-24-42/h1-40H. The van der Waals surface area contributed by atoms with Crippen LogP contribution in [-0.2, 0) is 0 Å². The molecule has 11 aromatic carbocycles. The monoisotopic (exact) mass is 1070 g/mol. The summed E-state index contributed by atoms with van der Waals surface area (Å²) in [6, 6.07) is 88.0. The number of rotatable bonds is 6. The van der Waals surface area contributed by atoms with Crippen LogP contribution < -0.4 is 63.9 Å². The van der Waals surface area contributed by atoms with E-state index in [2.05, 4.69) is 252 Å². The summed E-state index contributed by atoms with van der Waals surface area (Å²) >= 11 is -8.82. The number of anilines is 6. The van der Waals surface area contributed by atoms with Crippen LogP contribution in [0.5, 0.6) is 46.0 Å². The van der Waals surface area contributed by atoms with E-state index in [1.54, 1.807) is 0 Å². The van der Waals surface area contributed by atoms with E-state index in [0.717, 1.165) is 111 Å². The average molecular weight is 1070 g/mol. The molecule has 0 amide bonds. The molecule has 2 unspecified atom stereocenters. The molecule has 0 radical (unpaired) electrons. The summed E-state index contributed by atoms with van der Waals surface area (Å²) in [5.41, 5.74) is 10.6. The van der Waals surface area contributed by atoms with Crippen molar-refractivity contribution in [3.8, 4) is 68.2 Å². The predicted octanol–water partition coefficient (Wildman–Crippen LogP) is 11.8. The Morgan fingerprint density at radius 1 is 0.257 bits per heavy atom. The van der Waals surface area contributed by atoms with Crippen LogP contribution in [0.1, 0.15) is 0 Å². The minimum absolute atomic E-state index is 0.833. The van der Waals surface area contributed by atoms with Gasteiger partial charge >= 0.3 is 435 Å². The third-order valence-corrected chi connectivity index (χ3v) is 36.8. The van der Waals surface area contributed by atoms with E-state index in [4.69, 9.17) is 18.9 Å². The third-order valence-electron chi connectivity index (χ3n) is 16.2. The van der Waals surface area contributed by atoms with Crippen molar-refractivity contribution in [1.29, 1.82) is 0 Å². The van der Waals surface area contributed by atoms with Gasteiger partial charge in [-0.05, 0) is 0 Å². The van der Waals surface area contributed by atoms with Crippen molar-refractivity contribution in [3.63, 3.8) is 0 Å². The van der Waals surface area contributed by atoms with E-state index in [9.17, 15) is 0 Å². The number of ether oxygens (including phenoxy) is 4. The van der Waals surface area contributed by atoms with Crippen molar-refractivity contribution in [2.75, 3.05) is 9.80 Å². The first-order valence-corrected chi connectivity index (χ1v) is 33.6. The Labute approximate surface area is 432 Å². The molecule has 8 heteroatoms. The molecular weight excluding hydrogens is 1030 g/mol. The third kappa shape index (κ3) is 5.11. The fourth-order valence-corrected chi connectivity index (χ4v) is 36.5. The fraction of sp³-hybridized carbons (Fsp3) is 0. The average Bonchev–Trinajstić information content (AvgIpc) is 3.62. The molecule has 74 heavy (non-hydrogen) atoms. The predicted molar refractivity (Wildman–Crippen MR) is 301 cm³/mol. The van der Waals surface area contributed by atoms with Gasteiger partial charge in [-0.3, -0.25) is 0 Å². The van der Waals surface area contributed by atoms with Crippen LogP contribution in [0.4, 0.5) is 34.1 Å². The van der Waals surface area contributed by atoms with Crippen molar-refractivity contribution in [3.05, 3.63) is 243 Å². The van der Waals surface area contributed by atoms with E-state index in [1.807, 2.05) is 0 Å². The molecule has 0 aromatic heterocycles. The fourth-order valence-electron chi connectivity index (χ4n) is 13.6. The first kappa shape index (κ1) is 40.9. The molecule has 0 fully saturated rings. The molecule has 0 saturated heterocycles. The molecule has 6 heterocycles. The quantitative estimate of drug-likeness (QED) is 0.155. The molecule has 0 bridgehead atoms. The number of benzene rings is 11. The summed E-state index contributed by atoms with van der Waals surface area (Å²) in [5, 5.41) is 0. The van der Waals surface area contributed by atoms with Crippen LogP contribution in [0.15, 0.2) is 243 Å². The SMILES string of the molecule is c1ccc(-c2cc3[c]4c(c2)Oc2c5[c]6c(c7[c]2[Ge]4([c]2ccccc2)[c]2c(cccc2N7c2ccccc2)O3)Oc2cc(-c3ccccc3)cc3[c]2[Ge]6([c]2ccccc2)[c]2c(cccc2N5c2ccccc2)O3)cc1. The van der Waals surface area contributed by atoms with E-state index >= 15 is 0 Å². The van der Waals surface area contributed by atoms with Crippen LogP contribution in [-0.4, -0.2) is 26.5 Å². The molecule has 6 aliphatic rings. The molecule has 346 valence electrons. The second-order valence-corrected chi connectivity index (χ2v) is 34.8. The Hall–Kier alpha value is -8.69. The van der Waals surface area contributed by atoms with Gasteiger partial charge in [-0.15, -0.1) is 0 Å². The van der Waals surface area contributed by atoms with Crippen LogP contribution in [0.2, 0.25) is 0 Å². The van der Waals surface area contributed by atoms with E-state index < -0.39 is 26.5 Å². The van der Waals surface area contributed by atoms with Crippen LogP contribution in [0, 0.1) is 0 Å². The van der Waals surface area contributed by atoms with Crippen LogP contribution in [0.3, 0.4) is 0 Å². The van der Waals surface area contributed by atoms with Gasteiger partial charge in [-0.1, -0.05) is 0 Å². The summed E-state index contributed by atoms with van der Waals surface area (Å²) in [7, 11) is 0. The molecule has 11 aromatic rings. The second-order valence-electron chi connectivity index (χ2n) is 19.8. The molecule has 6 nitrogen and oxygen atoms in total. The van der Waals surface area contributed by atoms with Gasteiger partial charge in [0.1, 0.15) is 0 Å². The zero-order valence-electron chi connectivity index (χ0n) is 39.6. The molecule has 2 atom stereocenters. The van der Waals surface area contributed by atoms with Crippen molar-refractivity contribution in [1.82, 2.24) is 0 Å². The minimum atomic E-state index is -4.41. The van der Waals surface area contributed by atoms with Crippen molar-refractivity contribution < 1.29 is 18.9 Å². The number of hydrogen-bond donors (Lipinski definition) is 0. The summed E-state index contributed by atoms with van der Waals surface area (Å²) < 4.78 is 40.7. The number of para-hydroxylation sites is 2. The Morgan fingerprint density at radius 2 is 0.595 bits per heavy atom. The molecule has 0 spiro atoms. The number of nitrogens with zero attached hydrogens (tertiary/aromatic N) is 2. The van der Waals surface area contributed by atoms with E-state index in [1.165, 1.54) is 26.4 Å². The summed E-state index contributed by atoms with van der Waals surface area (Å²) in [6.45, 7) is 0. The molecule has 6 aliphatic heterocycles. The Balaban J connectivity index is 1.13. The summed E-state index contributed by atoms with van der Waals surface area (Å²) in [4.78, 5) is 4.98. The van der Waals surface area contributed by atoms with Crippen molar-refractivity contribution in [2.24, 2.45) is 0 Å². The summed E-state index contributed by atoms with van der Waals surface area (Å²) in [6.07, 6.45) is 0. The molecule has 17 rings (SSSR count). The normalized spacial score (nSPS) is 17.7. The number of hydrogen-bond acceptors (Lipinski definition) is 6. The molecule has 0 N–H and O–H groups in total. The van der Waals surface area contributed by atoms with E-state index in [0.29, 0.717) is 0 Å². The maximum atomic E-state index is 8.11. The topological polar surface area (TPSA) is 43.4 Å².